The molecule has 0 saturated heterocycles. The minimum absolute atomic E-state index is 0.616. The van der Waals surface area contributed by atoms with Crippen molar-refractivity contribution < 1.29 is 4.74 Å². The zero-order valence-electron chi connectivity index (χ0n) is 13.4. The van der Waals surface area contributed by atoms with E-state index in [0.29, 0.717) is 11.7 Å². The summed E-state index contributed by atoms with van der Waals surface area (Å²) in [4.78, 5) is 6.77. The summed E-state index contributed by atoms with van der Waals surface area (Å²) in [6.07, 6.45) is 0. The lowest BCUT2D eigenvalue weighted by atomic mass is 10.3. The highest BCUT2D eigenvalue weighted by atomic mass is 32.1. The summed E-state index contributed by atoms with van der Waals surface area (Å²) in [6, 6.07) is 16.0. The maximum Gasteiger partial charge on any atom is 0.213 e. The summed E-state index contributed by atoms with van der Waals surface area (Å²) in [6.45, 7) is 4.28. The number of imidazole rings is 1. The fourth-order valence-electron chi connectivity index (χ4n) is 3.02. The van der Waals surface area contributed by atoms with Crippen LogP contribution in [0, 0.1) is 0 Å². The molecule has 1 aromatic heterocycles. The van der Waals surface area contributed by atoms with E-state index < -0.39 is 0 Å². The monoisotopic (exact) mass is 338 g/mol. The molecule has 0 bridgehead atoms. The molecule has 0 radical (unpaired) electrons. The highest BCUT2D eigenvalue weighted by Gasteiger charge is 2.26. The quantitative estimate of drug-likeness (QED) is 0.738. The average Bonchev–Trinajstić information content (AvgIpc) is 3.16. The Morgan fingerprint density at radius 1 is 1.17 bits per heavy atom. The molecule has 0 spiro atoms. The highest BCUT2D eigenvalue weighted by molar-refractivity contribution is 7.80. The largest absolute Gasteiger partial charge is 0.492 e. The number of para-hydroxylation sites is 4. The number of nitrogens with zero attached hydrogens (tertiary/aromatic N) is 3. The van der Waals surface area contributed by atoms with Crippen molar-refractivity contribution in [3.05, 3.63) is 48.5 Å². The van der Waals surface area contributed by atoms with Crippen LogP contribution in [0.1, 0.15) is 6.92 Å². The molecule has 0 fully saturated rings. The van der Waals surface area contributed by atoms with E-state index in [1.807, 2.05) is 54.3 Å². The SMILES string of the molecule is CCOc1ccccc1NC(=S)N1CCn2c1nc1ccccc12. The van der Waals surface area contributed by atoms with Crippen LogP contribution in [0.5, 0.6) is 5.75 Å². The van der Waals surface area contributed by atoms with E-state index in [4.69, 9.17) is 21.9 Å². The first-order valence-corrected chi connectivity index (χ1v) is 8.44. The average molecular weight is 338 g/mol. The van der Waals surface area contributed by atoms with Gasteiger partial charge in [-0.25, -0.2) is 4.98 Å². The number of anilines is 2. The molecular weight excluding hydrogens is 320 g/mol. The van der Waals surface area contributed by atoms with Crippen LogP contribution >= 0.6 is 12.2 Å². The van der Waals surface area contributed by atoms with Crippen LogP contribution < -0.4 is 15.0 Å². The zero-order chi connectivity index (χ0) is 16.5. The Morgan fingerprint density at radius 3 is 2.83 bits per heavy atom. The molecule has 0 amide bonds. The first-order chi connectivity index (χ1) is 11.8. The molecule has 4 rings (SSSR count). The second-order valence-electron chi connectivity index (χ2n) is 5.56. The maximum absolute atomic E-state index is 5.66. The van der Waals surface area contributed by atoms with Gasteiger partial charge in [-0.15, -0.1) is 0 Å². The van der Waals surface area contributed by atoms with Gasteiger partial charge in [0.25, 0.3) is 0 Å². The molecule has 1 aliphatic heterocycles. The number of fused-ring (bicyclic) bond motifs is 3. The third-order valence-corrected chi connectivity index (χ3v) is 4.42. The molecule has 122 valence electrons. The summed E-state index contributed by atoms with van der Waals surface area (Å²) in [5.74, 6) is 1.69. The summed E-state index contributed by atoms with van der Waals surface area (Å²) >= 11 is 5.63. The Balaban J connectivity index is 1.61. The Labute approximate surface area is 145 Å². The number of nitrogens with one attached hydrogen (secondary N) is 1. The molecular formula is C18H18N4OS. The van der Waals surface area contributed by atoms with E-state index in [9.17, 15) is 0 Å². The highest BCUT2D eigenvalue weighted by Crippen LogP contribution is 2.29. The predicted octanol–water partition coefficient (Wildman–Crippen LogP) is 3.65. The Kier molecular flexibility index (Phi) is 3.82. The molecule has 24 heavy (non-hydrogen) atoms. The van der Waals surface area contributed by atoms with E-state index in [1.165, 1.54) is 0 Å². The van der Waals surface area contributed by atoms with Gasteiger partial charge in [-0.2, -0.15) is 0 Å². The van der Waals surface area contributed by atoms with Gasteiger partial charge in [0.1, 0.15) is 5.75 Å². The van der Waals surface area contributed by atoms with Crippen molar-refractivity contribution >= 4 is 40.0 Å². The zero-order valence-corrected chi connectivity index (χ0v) is 14.2. The van der Waals surface area contributed by atoms with E-state index >= 15 is 0 Å². The molecule has 0 atom stereocenters. The molecule has 1 N–H and O–H groups in total. The first-order valence-electron chi connectivity index (χ1n) is 8.03. The third kappa shape index (κ3) is 2.49. The summed E-state index contributed by atoms with van der Waals surface area (Å²) < 4.78 is 7.86. The van der Waals surface area contributed by atoms with Crippen molar-refractivity contribution in [2.45, 2.75) is 13.5 Å². The lowest BCUT2D eigenvalue weighted by Crippen LogP contribution is -2.33. The second-order valence-corrected chi connectivity index (χ2v) is 5.95. The molecule has 5 nitrogen and oxygen atoms in total. The van der Waals surface area contributed by atoms with Crippen molar-refractivity contribution in [1.82, 2.24) is 9.55 Å². The third-order valence-electron chi connectivity index (χ3n) is 4.10. The predicted molar refractivity (Wildman–Crippen MR) is 101 cm³/mol. The molecule has 0 saturated carbocycles. The van der Waals surface area contributed by atoms with E-state index in [2.05, 4.69) is 16.0 Å². The first kappa shape index (κ1) is 15.0. The van der Waals surface area contributed by atoms with Gasteiger partial charge in [0, 0.05) is 13.1 Å². The number of hydrogen-bond acceptors (Lipinski definition) is 3. The van der Waals surface area contributed by atoms with Gasteiger partial charge in [0.05, 0.1) is 23.3 Å². The van der Waals surface area contributed by atoms with Gasteiger partial charge >= 0.3 is 0 Å². The summed E-state index contributed by atoms with van der Waals surface area (Å²) in [5, 5.41) is 3.94. The van der Waals surface area contributed by atoms with Gasteiger partial charge in [-0.05, 0) is 43.4 Å². The number of hydrogen-bond donors (Lipinski definition) is 1. The van der Waals surface area contributed by atoms with Gasteiger partial charge in [-0.1, -0.05) is 24.3 Å². The lowest BCUT2D eigenvalue weighted by molar-refractivity contribution is 0.342. The normalized spacial score (nSPS) is 13.1. The lowest BCUT2D eigenvalue weighted by Gasteiger charge is -2.19. The molecule has 2 aromatic carbocycles. The van der Waals surface area contributed by atoms with Crippen molar-refractivity contribution in [2.24, 2.45) is 0 Å². The van der Waals surface area contributed by atoms with Crippen molar-refractivity contribution in [1.29, 1.82) is 0 Å². The van der Waals surface area contributed by atoms with Crippen molar-refractivity contribution in [3.63, 3.8) is 0 Å². The van der Waals surface area contributed by atoms with Crippen LogP contribution in [0.3, 0.4) is 0 Å². The summed E-state index contributed by atoms with van der Waals surface area (Å²) in [7, 11) is 0. The van der Waals surface area contributed by atoms with Gasteiger partial charge in [0.2, 0.25) is 5.95 Å². The number of aromatic nitrogens is 2. The van der Waals surface area contributed by atoms with Crippen LogP contribution in [-0.4, -0.2) is 27.8 Å². The van der Waals surface area contributed by atoms with Crippen LogP contribution in [0.4, 0.5) is 11.6 Å². The van der Waals surface area contributed by atoms with Crippen molar-refractivity contribution in [3.8, 4) is 5.75 Å². The standard InChI is InChI=1S/C18H18N4OS/c1-2-23-16-10-6-4-8-14(16)20-18(24)22-12-11-21-15-9-5-3-7-13(15)19-17(21)22/h3-10H,2,11-12H2,1H3,(H,20,24). The van der Waals surface area contributed by atoms with Gasteiger partial charge in [-0.3, -0.25) is 4.90 Å². The second kappa shape index (κ2) is 6.13. The van der Waals surface area contributed by atoms with Crippen molar-refractivity contribution in [2.75, 3.05) is 23.4 Å². The van der Waals surface area contributed by atoms with Crippen LogP contribution in [-0.2, 0) is 6.54 Å². The van der Waals surface area contributed by atoms with Gasteiger partial charge in [0.15, 0.2) is 5.11 Å². The van der Waals surface area contributed by atoms with Crippen LogP contribution in [0.2, 0.25) is 0 Å². The number of ether oxygens (including phenoxy) is 1. The van der Waals surface area contributed by atoms with E-state index in [0.717, 1.165) is 41.5 Å². The van der Waals surface area contributed by atoms with E-state index in [-0.39, 0.29) is 0 Å². The Bertz CT molecular complexity index is 905. The number of benzene rings is 2. The smallest absolute Gasteiger partial charge is 0.213 e. The molecule has 0 aliphatic carbocycles. The van der Waals surface area contributed by atoms with Crippen LogP contribution in [0.25, 0.3) is 11.0 Å². The maximum atomic E-state index is 5.66. The Hall–Kier alpha value is -2.60. The fourth-order valence-corrected chi connectivity index (χ4v) is 3.30. The summed E-state index contributed by atoms with van der Waals surface area (Å²) in [5.41, 5.74) is 3.01. The molecule has 2 heterocycles. The number of rotatable bonds is 3. The fraction of sp³-hybridized carbons (Fsp3) is 0.222. The minimum atomic E-state index is 0.616. The van der Waals surface area contributed by atoms with Gasteiger partial charge < -0.3 is 14.6 Å². The molecule has 6 heteroatoms. The molecule has 1 aliphatic rings. The van der Waals surface area contributed by atoms with E-state index in [1.54, 1.807) is 0 Å². The Morgan fingerprint density at radius 2 is 1.96 bits per heavy atom. The molecule has 0 unspecified atom stereocenters. The minimum Gasteiger partial charge on any atom is -0.492 e. The molecule has 3 aromatic rings. The topological polar surface area (TPSA) is 42.3 Å². The number of thiocarbonyl (C=S) groups is 1. The van der Waals surface area contributed by atoms with Crippen LogP contribution in [0.15, 0.2) is 48.5 Å².